The zero-order valence-corrected chi connectivity index (χ0v) is 8.95. The number of nitrogens with zero attached hydrogens (tertiary/aromatic N) is 1. The van der Waals surface area contributed by atoms with E-state index in [4.69, 9.17) is 10.2 Å². The SMILES string of the molecule is CCc1oc(-c2ccc(N)cc2)nc1C. The lowest BCUT2D eigenvalue weighted by Gasteiger charge is -1.95. The molecule has 0 aliphatic carbocycles. The third-order valence-corrected chi connectivity index (χ3v) is 2.37. The molecule has 3 heteroatoms. The molecule has 15 heavy (non-hydrogen) atoms. The van der Waals surface area contributed by atoms with Gasteiger partial charge < -0.3 is 10.2 Å². The van der Waals surface area contributed by atoms with E-state index in [1.165, 1.54) is 0 Å². The average molecular weight is 202 g/mol. The highest BCUT2D eigenvalue weighted by molar-refractivity contribution is 5.57. The van der Waals surface area contributed by atoms with Gasteiger partial charge in [0.05, 0.1) is 5.69 Å². The molecule has 0 amide bonds. The molecule has 2 aromatic rings. The number of oxazole rings is 1. The number of nitrogen functional groups attached to an aromatic ring is 1. The molecule has 0 saturated heterocycles. The van der Waals surface area contributed by atoms with E-state index in [0.717, 1.165) is 29.1 Å². The normalized spacial score (nSPS) is 10.5. The van der Waals surface area contributed by atoms with Gasteiger partial charge in [-0.3, -0.25) is 0 Å². The van der Waals surface area contributed by atoms with E-state index in [2.05, 4.69) is 11.9 Å². The van der Waals surface area contributed by atoms with Gasteiger partial charge in [-0.15, -0.1) is 0 Å². The summed E-state index contributed by atoms with van der Waals surface area (Å²) < 4.78 is 5.64. The van der Waals surface area contributed by atoms with Crippen molar-refractivity contribution in [2.75, 3.05) is 5.73 Å². The van der Waals surface area contributed by atoms with Gasteiger partial charge in [0, 0.05) is 17.7 Å². The van der Waals surface area contributed by atoms with Crippen molar-refractivity contribution in [1.29, 1.82) is 0 Å². The van der Waals surface area contributed by atoms with Crippen molar-refractivity contribution in [3.8, 4) is 11.5 Å². The fraction of sp³-hybridized carbons (Fsp3) is 0.250. The Kier molecular flexibility index (Phi) is 2.46. The highest BCUT2D eigenvalue weighted by Gasteiger charge is 2.09. The molecule has 0 fully saturated rings. The van der Waals surface area contributed by atoms with Gasteiger partial charge in [-0.1, -0.05) is 6.92 Å². The summed E-state index contributed by atoms with van der Waals surface area (Å²) in [6, 6.07) is 7.53. The fourth-order valence-electron chi connectivity index (χ4n) is 1.51. The molecule has 0 atom stereocenters. The summed E-state index contributed by atoms with van der Waals surface area (Å²) >= 11 is 0. The molecule has 0 aliphatic heterocycles. The summed E-state index contributed by atoms with van der Waals surface area (Å²) in [5, 5.41) is 0. The van der Waals surface area contributed by atoms with Crippen molar-refractivity contribution in [2.45, 2.75) is 20.3 Å². The van der Waals surface area contributed by atoms with E-state index in [1.807, 2.05) is 31.2 Å². The second-order valence-electron chi connectivity index (χ2n) is 3.50. The molecule has 0 saturated carbocycles. The maximum Gasteiger partial charge on any atom is 0.226 e. The quantitative estimate of drug-likeness (QED) is 0.762. The molecule has 1 aromatic heterocycles. The number of hydrogen-bond donors (Lipinski definition) is 1. The van der Waals surface area contributed by atoms with Gasteiger partial charge in [-0.25, -0.2) is 4.98 Å². The topological polar surface area (TPSA) is 52.0 Å². The van der Waals surface area contributed by atoms with Crippen LogP contribution in [0, 0.1) is 6.92 Å². The Labute approximate surface area is 88.9 Å². The maximum absolute atomic E-state index is 5.64. The van der Waals surface area contributed by atoms with E-state index in [9.17, 15) is 0 Å². The Bertz CT molecular complexity index is 457. The van der Waals surface area contributed by atoms with E-state index >= 15 is 0 Å². The molecular weight excluding hydrogens is 188 g/mol. The Balaban J connectivity index is 2.41. The average Bonchev–Trinajstić information content (AvgIpc) is 2.61. The summed E-state index contributed by atoms with van der Waals surface area (Å²) in [4.78, 5) is 4.37. The van der Waals surface area contributed by atoms with Crippen molar-refractivity contribution in [2.24, 2.45) is 0 Å². The number of benzene rings is 1. The lowest BCUT2D eigenvalue weighted by Crippen LogP contribution is -1.83. The number of anilines is 1. The fourth-order valence-corrected chi connectivity index (χ4v) is 1.51. The molecule has 2 N–H and O–H groups in total. The molecule has 0 bridgehead atoms. The first-order valence-electron chi connectivity index (χ1n) is 5.03. The lowest BCUT2D eigenvalue weighted by atomic mass is 10.2. The van der Waals surface area contributed by atoms with Crippen LogP contribution in [0.25, 0.3) is 11.5 Å². The standard InChI is InChI=1S/C12H14N2O/c1-3-11-8(2)14-12(15-11)9-4-6-10(13)7-5-9/h4-7H,3,13H2,1-2H3. The summed E-state index contributed by atoms with van der Waals surface area (Å²) in [7, 11) is 0. The number of nitrogens with two attached hydrogens (primary N) is 1. The van der Waals surface area contributed by atoms with E-state index in [0.29, 0.717) is 5.89 Å². The second-order valence-corrected chi connectivity index (χ2v) is 3.50. The van der Waals surface area contributed by atoms with Crippen LogP contribution in [0.2, 0.25) is 0 Å². The Morgan fingerprint density at radius 3 is 2.47 bits per heavy atom. The lowest BCUT2D eigenvalue weighted by molar-refractivity contribution is 0.522. The van der Waals surface area contributed by atoms with E-state index in [-0.39, 0.29) is 0 Å². The first kappa shape index (κ1) is 9.77. The van der Waals surface area contributed by atoms with Gasteiger partial charge in [0.2, 0.25) is 5.89 Å². The number of rotatable bonds is 2. The van der Waals surface area contributed by atoms with Crippen LogP contribution >= 0.6 is 0 Å². The molecule has 3 nitrogen and oxygen atoms in total. The minimum atomic E-state index is 0.671. The molecule has 2 rings (SSSR count). The third-order valence-electron chi connectivity index (χ3n) is 2.37. The monoisotopic (exact) mass is 202 g/mol. The maximum atomic E-state index is 5.64. The molecule has 1 aromatic carbocycles. The van der Waals surface area contributed by atoms with Crippen LogP contribution in [0.15, 0.2) is 28.7 Å². The number of aromatic nitrogens is 1. The summed E-state index contributed by atoms with van der Waals surface area (Å²) in [5.41, 5.74) is 8.29. The molecule has 78 valence electrons. The van der Waals surface area contributed by atoms with Crippen molar-refractivity contribution in [3.63, 3.8) is 0 Å². The van der Waals surface area contributed by atoms with Gasteiger partial charge in [0.15, 0.2) is 0 Å². The summed E-state index contributed by atoms with van der Waals surface area (Å²) in [6.07, 6.45) is 0.869. The van der Waals surface area contributed by atoms with Crippen LogP contribution < -0.4 is 5.73 Å². The minimum Gasteiger partial charge on any atom is -0.441 e. The van der Waals surface area contributed by atoms with Crippen LogP contribution in [0.1, 0.15) is 18.4 Å². The molecule has 0 aliphatic rings. The smallest absolute Gasteiger partial charge is 0.226 e. The molecule has 0 radical (unpaired) electrons. The van der Waals surface area contributed by atoms with Crippen LogP contribution in [0.4, 0.5) is 5.69 Å². The van der Waals surface area contributed by atoms with Crippen molar-refractivity contribution in [1.82, 2.24) is 4.98 Å². The van der Waals surface area contributed by atoms with Gasteiger partial charge >= 0.3 is 0 Å². The summed E-state index contributed by atoms with van der Waals surface area (Å²) in [5.74, 6) is 1.62. The second kappa shape index (κ2) is 3.77. The van der Waals surface area contributed by atoms with Gasteiger partial charge in [-0.05, 0) is 31.2 Å². The molecule has 0 spiro atoms. The zero-order chi connectivity index (χ0) is 10.8. The van der Waals surface area contributed by atoms with Crippen molar-refractivity contribution in [3.05, 3.63) is 35.7 Å². The summed E-state index contributed by atoms with van der Waals surface area (Å²) in [6.45, 7) is 4.02. The predicted octanol–water partition coefficient (Wildman–Crippen LogP) is 2.79. The minimum absolute atomic E-state index is 0.671. The highest BCUT2D eigenvalue weighted by atomic mass is 16.4. The molecular formula is C12H14N2O. The first-order valence-corrected chi connectivity index (χ1v) is 5.03. The number of aryl methyl sites for hydroxylation is 2. The van der Waals surface area contributed by atoms with Crippen LogP contribution in [0.5, 0.6) is 0 Å². The van der Waals surface area contributed by atoms with Gasteiger partial charge in [0.1, 0.15) is 5.76 Å². The van der Waals surface area contributed by atoms with Crippen LogP contribution in [-0.4, -0.2) is 4.98 Å². The zero-order valence-electron chi connectivity index (χ0n) is 8.95. The van der Waals surface area contributed by atoms with Crippen LogP contribution in [-0.2, 0) is 6.42 Å². The predicted molar refractivity (Wildman–Crippen MR) is 60.5 cm³/mol. The van der Waals surface area contributed by atoms with Crippen molar-refractivity contribution >= 4 is 5.69 Å². The van der Waals surface area contributed by atoms with Gasteiger partial charge in [-0.2, -0.15) is 0 Å². The largest absolute Gasteiger partial charge is 0.441 e. The van der Waals surface area contributed by atoms with Crippen molar-refractivity contribution < 1.29 is 4.42 Å². The number of hydrogen-bond acceptors (Lipinski definition) is 3. The van der Waals surface area contributed by atoms with Gasteiger partial charge in [0.25, 0.3) is 0 Å². The molecule has 1 heterocycles. The third kappa shape index (κ3) is 1.86. The Morgan fingerprint density at radius 2 is 1.93 bits per heavy atom. The molecule has 0 unspecified atom stereocenters. The van der Waals surface area contributed by atoms with E-state index < -0.39 is 0 Å². The van der Waals surface area contributed by atoms with Crippen LogP contribution in [0.3, 0.4) is 0 Å². The highest BCUT2D eigenvalue weighted by Crippen LogP contribution is 2.22. The van der Waals surface area contributed by atoms with E-state index in [1.54, 1.807) is 0 Å². The Morgan fingerprint density at radius 1 is 1.27 bits per heavy atom. The Hall–Kier alpha value is -1.77. The first-order chi connectivity index (χ1) is 7.20.